The summed E-state index contributed by atoms with van der Waals surface area (Å²) in [5.41, 5.74) is 3.05. The van der Waals surface area contributed by atoms with Gasteiger partial charge in [0.2, 0.25) is 0 Å². The third-order valence-corrected chi connectivity index (χ3v) is 6.17. The highest BCUT2D eigenvalue weighted by Gasteiger charge is 2.35. The van der Waals surface area contributed by atoms with Gasteiger partial charge in [-0.05, 0) is 41.1 Å². The average molecular weight is 441 g/mol. The number of pyridine rings is 1. The van der Waals surface area contributed by atoms with Crippen molar-refractivity contribution in [3.63, 3.8) is 0 Å². The van der Waals surface area contributed by atoms with Crippen molar-refractivity contribution in [2.75, 3.05) is 0 Å². The first-order chi connectivity index (χ1) is 15.5. The number of fused-ring (bicyclic) bond motifs is 2. The van der Waals surface area contributed by atoms with Gasteiger partial charge in [0.05, 0.1) is 27.4 Å². The van der Waals surface area contributed by atoms with E-state index in [1.165, 1.54) is 12.1 Å². The Kier molecular flexibility index (Phi) is 4.91. The summed E-state index contributed by atoms with van der Waals surface area (Å²) < 4.78 is 0. The number of nitrogens with zero attached hydrogens (tertiary/aromatic N) is 3. The number of carbonyl (C=O) groups excluding carboxylic acids is 2. The molecule has 0 spiro atoms. The fourth-order valence-corrected chi connectivity index (χ4v) is 4.52. The molecule has 1 aliphatic heterocycles. The van der Waals surface area contributed by atoms with Gasteiger partial charge in [0.15, 0.2) is 0 Å². The van der Waals surface area contributed by atoms with Crippen molar-refractivity contribution in [1.29, 1.82) is 0 Å². The van der Waals surface area contributed by atoms with Gasteiger partial charge in [-0.2, -0.15) is 0 Å². The molecule has 2 heterocycles. The molecule has 7 nitrogen and oxygen atoms in total. The van der Waals surface area contributed by atoms with Crippen LogP contribution in [-0.4, -0.2) is 26.0 Å². The average Bonchev–Trinajstić information content (AvgIpc) is 3.06. The van der Waals surface area contributed by atoms with E-state index in [2.05, 4.69) is 0 Å². The Morgan fingerprint density at radius 2 is 1.50 bits per heavy atom. The standard InChI is InChI=1S/C24H15N3O4S/c28-23-22(32-24(29)26(23)14-15-9-11-16(12-10-15)27(30)31)13-19-17-5-1-3-7-20(17)25-21-8-4-2-6-18(19)21/h1-13H,14H2/b22-13-. The number of aromatic nitrogens is 1. The first-order valence-corrected chi connectivity index (χ1v) is 10.6. The number of rotatable bonds is 4. The summed E-state index contributed by atoms with van der Waals surface area (Å²) in [5, 5.41) is 12.3. The lowest BCUT2D eigenvalue weighted by molar-refractivity contribution is -0.384. The molecular formula is C24H15N3O4S. The number of non-ortho nitro benzene ring substituents is 1. The van der Waals surface area contributed by atoms with E-state index < -0.39 is 4.92 Å². The molecule has 1 saturated heterocycles. The van der Waals surface area contributed by atoms with Gasteiger partial charge in [0.25, 0.3) is 16.8 Å². The maximum atomic E-state index is 13.1. The fraction of sp³-hybridized carbons (Fsp3) is 0.0417. The Morgan fingerprint density at radius 1 is 0.906 bits per heavy atom. The molecular weight excluding hydrogens is 426 g/mol. The molecule has 8 heteroatoms. The fourth-order valence-electron chi connectivity index (χ4n) is 3.70. The molecule has 32 heavy (non-hydrogen) atoms. The van der Waals surface area contributed by atoms with Gasteiger partial charge in [-0.1, -0.05) is 48.5 Å². The molecule has 4 aromatic rings. The monoisotopic (exact) mass is 441 g/mol. The van der Waals surface area contributed by atoms with Crippen LogP contribution < -0.4 is 0 Å². The van der Waals surface area contributed by atoms with Crippen LogP contribution in [0.5, 0.6) is 0 Å². The number of nitro benzene ring substituents is 1. The van der Waals surface area contributed by atoms with Crippen LogP contribution in [0.15, 0.2) is 77.7 Å². The van der Waals surface area contributed by atoms with E-state index >= 15 is 0 Å². The van der Waals surface area contributed by atoms with Crippen LogP contribution in [0.25, 0.3) is 27.9 Å². The van der Waals surface area contributed by atoms with Crippen LogP contribution in [0.1, 0.15) is 11.1 Å². The minimum atomic E-state index is -0.490. The zero-order valence-corrected chi connectivity index (χ0v) is 17.4. The maximum absolute atomic E-state index is 13.1. The van der Waals surface area contributed by atoms with Crippen molar-refractivity contribution in [2.45, 2.75) is 6.54 Å². The summed E-state index contributed by atoms with van der Waals surface area (Å²) in [6.45, 7) is 0.0534. The van der Waals surface area contributed by atoms with Crippen molar-refractivity contribution in [1.82, 2.24) is 9.88 Å². The maximum Gasteiger partial charge on any atom is 0.293 e. The molecule has 0 atom stereocenters. The molecule has 1 aromatic heterocycles. The van der Waals surface area contributed by atoms with Crippen LogP contribution in [0.2, 0.25) is 0 Å². The third kappa shape index (κ3) is 3.50. The lowest BCUT2D eigenvalue weighted by atomic mass is 10.0. The van der Waals surface area contributed by atoms with Crippen molar-refractivity contribution < 1.29 is 14.5 Å². The number of thioether (sulfide) groups is 1. The number of imide groups is 1. The zero-order chi connectivity index (χ0) is 22.2. The van der Waals surface area contributed by atoms with E-state index in [0.29, 0.717) is 10.5 Å². The molecule has 3 aromatic carbocycles. The summed E-state index contributed by atoms with van der Waals surface area (Å²) in [6, 6.07) is 21.2. The molecule has 0 radical (unpaired) electrons. The summed E-state index contributed by atoms with van der Waals surface area (Å²) in [6.07, 6.45) is 1.76. The molecule has 156 valence electrons. The number of hydrogen-bond acceptors (Lipinski definition) is 6. The second-order valence-electron chi connectivity index (χ2n) is 7.25. The van der Waals surface area contributed by atoms with Gasteiger partial charge in [-0.15, -0.1) is 0 Å². The normalized spacial score (nSPS) is 15.2. The molecule has 0 saturated carbocycles. The number of para-hydroxylation sites is 2. The number of carbonyl (C=O) groups is 2. The summed E-state index contributed by atoms with van der Waals surface area (Å²) in [7, 11) is 0. The minimum absolute atomic E-state index is 0.0424. The number of benzene rings is 3. The van der Waals surface area contributed by atoms with E-state index in [9.17, 15) is 19.7 Å². The van der Waals surface area contributed by atoms with Crippen LogP contribution in [0.4, 0.5) is 10.5 Å². The smallest absolute Gasteiger partial charge is 0.268 e. The van der Waals surface area contributed by atoms with Crippen molar-refractivity contribution in [3.8, 4) is 0 Å². The van der Waals surface area contributed by atoms with Crippen LogP contribution >= 0.6 is 11.8 Å². The lowest BCUT2D eigenvalue weighted by Gasteiger charge is -2.12. The van der Waals surface area contributed by atoms with Crippen molar-refractivity contribution >= 4 is 56.5 Å². The molecule has 0 bridgehead atoms. The molecule has 0 N–H and O–H groups in total. The second kappa shape index (κ2) is 7.90. The van der Waals surface area contributed by atoms with E-state index in [1.54, 1.807) is 18.2 Å². The highest BCUT2D eigenvalue weighted by molar-refractivity contribution is 8.18. The Morgan fingerprint density at radius 3 is 2.09 bits per heavy atom. The molecule has 5 rings (SSSR count). The number of hydrogen-bond donors (Lipinski definition) is 0. The van der Waals surface area contributed by atoms with Crippen LogP contribution in [0.3, 0.4) is 0 Å². The Labute approximate surface area is 186 Å². The molecule has 1 aliphatic rings. The van der Waals surface area contributed by atoms with Gasteiger partial charge in [-0.25, -0.2) is 4.98 Å². The van der Waals surface area contributed by atoms with Gasteiger partial charge < -0.3 is 0 Å². The molecule has 0 unspecified atom stereocenters. The van der Waals surface area contributed by atoms with Crippen LogP contribution in [0, 0.1) is 10.1 Å². The summed E-state index contributed by atoms with van der Waals surface area (Å²) in [5.74, 6) is -0.386. The highest BCUT2D eigenvalue weighted by atomic mass is 32.2. The first kappa shape index (κ1) is 19.9. The van der Waals surface area contributed by atoms with Gasteiger partial charge in [0.1, 0.15) is 0 Å². The summed E-state index contributed by atoms with van der Waals surface area (Å²) >= 11 is 0.891. The van der Waals surface area contributed by atoms with Crippen LogP contribution in [-0.2, 0) is 11.3 Å². The predicted molar refractivity (Wildman–Crippen MR) is 124 cm³/mol. The Hall–Kier alpha value is -4.04. The number of amides is 2. The zero-order valence-electron chi connectivity index (χ0n) is 16.6. The summed E-state index contributed by atoms with van der Waals surface area (Å²) in [4.78, 5) is 42.2. The van der Waals surface area contributed by atoms with Gasteiger partial charge in [-0.3, -0.25) is 24.6 Å². The SMILES string of the molecule is O=C1S/C(=C\c2c3ccccc3nc3ccccc23)C(=O)N1Cc1ccc([N+](=O)[O-])cc1. The second-order valence-corrected chi connectivity index (χ2v) is 8.24. The highest BCUT2D eigenvalue weighted by Crippen LogP contribution is 2.36. The van der Waals surface area contributed by atoms with E-state index in [0.717, 1.165) is 44.0 Å². The largest absolute Gasteiger partial charge is 0.293 e. The lowest BCUT2D eigenvalue weighted by Crippen LogP contribution is -2.27. The van der Waals surface area contributed by atoms with E-state index in [1.807, 2.05) is 48.5 Å². The minimum Gasteiger partial charge on any atom is -0.268 e. The third-order valence-electron chi connectivity index (χ3n) is 5.27. The topological polar surface area (TPSA) is 93.4 Å². The predicted octanol–water partition coefficient (Wildman–Crippen LogP) is 5.53. The van der Waals surface area contributed by atoms with Gasteiger partial charge >= 0.3 is 0 Å². The van der Waals surface area contributed by atoms with Crippen molar-refractivity contribution in [2.24, 2.45) is 0 Å². The molecule has 2 amide bonds. The number of nitro groups is 1. The Bertz CT molecular complexity index is 1390. The van der Waals surface area contributed by atoms with E-state index in [-0.39, 0.29) is 23.4 Å². The van der Waals surface area contributed by atoms with Gasteiger partial charge in [0, 0.05) is 22.9 Å². The van der Waals surface area contributed by atoms with Crippen molar-refractivity contribution in [3.05, 3.63) is 98.9 Å². The first-order valence-electron chi connectivity index (χ1n) is 9.77. The molecule has 0 aliphatic carbocycles. The molecule has 1 fully saturated rings. The van der Waals surface area contributed by atoms with E-state index in [4.69, 9.17) is 4.98 Å². The Balaban J connectivity index is 1.52. The quantitative estimate of drug-likeness (QED) is 0.179.